The Morgan fingerprint density at radius 2 is 2.12 bits per heavy atom. The van der Waals surface area contributed by atoms with E-state index in [1.54, 1.807) is 0 Å². The Balaban J connectivity index is 0.000000316. The first-order valence-electron chi connectivity index (χ1n) is 3.92. The largest absolute Gasteiger partial charge is 0.603 e. The number of hydrogen-bond donors (Lipinski definition) is 1. The normalized spacial score (nSPS) is 21.8. The van der Waals surface area contributed by atoms with Gasteiger partial charge in [-0.3, -0.25) is 0 Å². The summed E-state index contributed by atoms with van der Waals surface area (Å²) >= 11 is 0. The summed E-state index contributed by atoms with van der Waals surface area (Å²) in [5.74, 6) is 0. The fourth-order valence-corrected chi connectivity index (χ4v) is 0.823. The molecule has 0 aromatic carbocycles. The molecule has 2 atom stereocenters. The summed E-state index contributed by atoms with van der Waals surface area (Å²) in [4.78, 5) is 32.4. The van der Waals surface area contributed by atoms with Gasteiger partial charge in [0.15, 0.2) is 15.6 Å². The van der Waals surface area contributed by atoms with Crippen LogP contribution in [-0.2, 0) is 28.5 Å². The molecule has 0 amide bonds. The van der Waals surface area contributed by atoms with E-state index in [-0.39, 0.29) is 36.5 Å². The van der Waals surface area contributed by atoms with Crippen molar-refractivity contribution >= 4 is 21.3 Å². The molecule has 0 saturated carbocycles. The van der Waals surface area contributed by atoms with E-state index in [0.717, 1.165) is 0 Å². The van der Waals surface area contributed by atoms with E-state index in [2.05, 4.69) is 28.5 Å². The zero-order chi connectivity index (χ0) is 11.8. The third-order valence-corrected chi connectivity index (χ3v) is 1.38. The average molecular weight is 492 g/mol. The summed E-state index contributed by atoms with van der Waals surface area (Å²) in [6.45, 7) is 1.59. The molecule has 9 nitrogen and oxygen atoms in total. The van der Waals surface area contributed by atoms with Crippen molar-refractivity contribution in [3.8, 4) is 0 Å². The molecule has 2 heterocycles. The molecule has 0 aliphatic carbocycles. The van der Waals surface area contributed by atoms with E-state index in [1.807, 2.05) is 0 Å². The number of hydrogen-bond acceptors (Lipinski definition) is 9. The minimum absolute atomic E-state index is 0. The molecule has 11 heteroatoms. The van der Waals surface area contributed by atoms with Crippen molar-refractivity contribution in [3.63, 3.8) is 0 Å². The van der Waals surface area contributed by atoms with Gasteiger partial charge in [0, 0.05) is 36.5 Å². The van der Waals surface area contributed by atoms with Gasteiger partial charge in [-0.15, -0.1) is 6.61 Å². The van der Waals surface area contributed by atoms with Crippen LogP contribution in [0.1, 0.15) is 0 Å². The van der Waals surface area contributed by atoms with Gasteiger partial charge in [0.1, 0.15) is 0 Å². The fourth-order valence-electron chi connectivity index (χ4n) is 0.672. The van der Waals surface area contributed by atoms with Crippen molar-refractivity contribution in [1.82, 2.24) is 0 Å². The van der Waals surface area contributed by atoms with Crippen LogP contribution >= 0.6 is 9.03 Å². The van der Waals surface area contributed by atoms with Crippen LogP contribution in [0.5, 0.6) is 0 Å². The first kappa shape index (κ1) is 16.9. The molecule has 1 radical (unpaired) electrons. The predicted molar refractivity (Wildman–Crippen MR) is 45.7 cm³/mol. The van der Waals surface area contributed by atoms with Crippen LogP contribution in [-0.4, -0.2) is 36.7 Å². The minimum atomic E-state index is -0.854. The van der Waals surface area contributed by atoms with Crippen LogP contribution in [0, 0.1) is 36.5 Å². The van der Waals surface area contributed by atoms with Crippen molar-refractivity contribution in [2.75, 3.05) is 13.2 Å². The Bertz CT molecular complexity index is 242. The van der Waals surface area contributed by atoms with E-state index >= 15 is 0 Å². The van der Waals surface area contributed by atoms with Crippen LogP contribution < -0.4 is 0 Å². The molecule has 0 aromatic heterocycles. The number of cyclic esters (lactones) is 4. The molecule has 17 heavy (non-hydrogen) atoms. The smallest absolute Gasteiger partial charge is 0.511 e. The maximum Gasteiger partial charge on any atom is 0.511 e. The van der Waals surface area contributed by atoms with Gasteiger partial charge in [-0.2, -0.15) is 9.56 Å². The molecule has 97 valence electrons. The third-order valence-electron chi connectivity index (χ3n) is 1.21. The Hall–Kier alpha value is -0.137. The molecule has 0 spiro atoms. The van der Waals surface area contributed by atoms with Crippen molar-refractivity contribution in [1.29, 1.82) is 0 Å². The summed E-state index contributed by atoms with van der Waals surface area (Å²) in [7, 11) is -0.793. The van der Waals surface area contributed by atoms with Crippen LogP contribution in [0.4, 0.5) is 9.59 Å². The molecule has 2 fully saturated rings. The summed E-state index contributed by atoms with van der Waals surface area (Å²) < 4.78 is 21.2. The van der Waals surface area contributed by atoms with E-state index in [9.17, 15) is 9.59 Å². The van der Waals surface area contributed by atoms with Crippen molar-refractivity contribution in [2.24, 2.45) is 0 Å². The Morgan fingerprint density at radius 1 is 1.35 bits per heavy atom. The van der Waals surface area contributed by atoms with Crippen LogP contribution in [0.25, 0.3) is 0 Å². The van der Waals surface area contributed by atoms with E-state index in [0.29, 0.717) is 6.61 Å². The van der Waals surface area contributed by atoms with Gasteiger partial charge in [-0.1, -0.05) is 0 Å². The van der Waals surface area contributed by atoms with Gasteiger partial charge >= 0.3 is 12.3 Å². The van der Waals surface area contributed by atoms with Gasteiger partial charge in [-0.05, 0) is 0 Å². The predicted octanol–water partition coefficient (Wildman–Crippen LogP) is 0.243. The van der Waals surface area contributed by atoms with Crippen molar-refractivity contribution in [2.45, 2.75) is 6.29 Å². The fraction of sp³-hybridized carbons (Fsp3) is 0.500. The summed E-state index contributed by atoms with van der Waals surface area (Å²) in [5, 5.41) is 0. The first-order chi connectivity index (χ1) is 7.72. The molecule has 2 aliphatic heterocycles. The number of carbonyl (C=O) groups excluding carboxylic acids is 2. The zero-order valence-electron chi connectivity index (χ0n) is 8.23. The summed E-state index contributed by atoms with van der Waals surface area (Å²) in [6, 6.07) is 0. The molecule has 2 unspecified atom stereocenters. The van der Waals surface area contributed by atoms with Gasteiger partial charge in [0.05, 0.1) is 0 Å². The molecule has 0 aromatic rings. The van der Waals surface area contributed by atoms with Crippen molar-refractivity contribution in [3.05, 3.63) is 6.61 Å². The van der Waals surface area contributed by atoms with E-state index in [1.165, 1.54) is 6.61 Å². The Kier molecular flexibility index (Phi) is 9.77. The van der Waals surface area contributed by atoms with Gasteiger partial charge in [0.25, 0.3) is 6.29 Å². The first-order valence-corrected chi connectivity index (χ1v) is 4.78. The van der Waals surface area contributed by atoms with Crippen molar-refractivity contribution < 1.29 is 72.9 Å². The second-order valence-corrected chi connectivity index (χ2v) is 2.57. The number of ether oxygens (including phenoxy) is 4. The second kappa shape index (κ2) is 9.85. The molecule has 2 aliphatic rings. The standard InChI is InChI=1S/C3H5O6P.C3H3O3.Np/c4-3-6-1-2(7-3)8-9-10-5;4-3-5-1-2-6-3;/h2,5,10H,1H2;1H,2H2;/q;-1;. The molecular weight excluding hydrogens is 484 g/mol. The SMILES string of the molecule is O=C1OCC(OOPO)O1.O=C1O[CH-]CO1.[Np]. The number of carbonyl (C=O) groups is 2. The maximum absolute atomic E-state index is 10.2. The summed E-state index contributed by atoms with van der Waals surface area (Å²) in [6.07, 6.45) is -2.25. The topological polar surface area (TPSA) is 110 Å². The Labute approximate surface area is 120 Å². The third kappa shape index (κ3) is 7.73. The molecule has 2 rings (SSSR count). The van der Waals surface area contributed by atoms with Crippen LogP contribution in [0.3, 0.4) is 0 Å². The molecule has 1 N–H and O–H groups in total. The van der Waals surface area contributed by atoms with Gasteiger partial charge in [-0.25, -0.2) is 9.59 Å². The van der Waals surface area contributed by atoms with Crippen LogP contribution in [0.2, 0.25) is 0 Å². The van der Waals surface area contributed by atoms with E-state index < -0.39 is 27.6 Å². The summed E-state index contributed by atoms with van der Waals surface area (Å²) in [5.41, 5.74) is 0. The van der Waals surface area contributed by atoms with Crippen LogP contribution in [0.15, 0.2) is 0 Å². The number of rotatable bonds is 3. The molecular formula is C6H8NpO9P-. The molecule has 2 saturated heterocycles. The Morgan fingerprint density at radius 3 is 2.47 bits per heavy atom. The van der Waals surface area contributed by atoms with Gasteiger partial charge < -0.3 is 23.8 Å². The molecule has 0 bridgehead atoms. The zero-order valence-corrected chi connectivity index (χ0v) is 13.0. The monoisotopic (exact) mass is 491 g/mol. The quantitative estimate of drug-likeness (QED) is 0.195. The second-order valence-electron chi connectivity index (χ2n) is 2.22. The maximum atomic E-state index is 10.2. The van der Waals surface area contributed by atoms with E-state index in [4.69, 9.17) is 4.89 Å². The average Bonchev–Trinajstić information content (AvgIpc) is 2.88. The van der Waals surface area contributed by atoms with Gasteiger partial charge in [0.2, 0.25) is 0 Å². The minimum Gasteiger partial charge on any atom is -0.603 e.